The van der Waals surface area contributed by atoms with Gasteiger partial charge in [-0.1, -0.05) is 6.92 Å². The van der Waals surface area contributed by atoms with Crippen LogP contribution in [0.1, 0.15) is 32.6 Å². The van der Waals surface area contributed by atoms with Crippen LogP contribution >= 0.6 is 0 Å². The number of hydrogen-bond acceptors (Lipinski definition) is 4. The zero-order valence-corrected chi connectivity index (χ0v) is 8.36. The molecule has 4 nitrogen and oxygen atoms in total. The van der Waals surface area contributed by atoms with Gasteiger partial charge in [0.1, 0.15) is 6.10 Å². The summed E-state index contributed by atoms with van der Waals surface area (Å²) in [6.07, 6.45) is 1.84. The minimum atomic E-state index is -0.275. The molecular weight excluding hydrogens is 182 g/mol. The number of esters is 1. The van der Waals surface area contributed by atoms with Crippen LogP contribution in [-0.4, -0.2) is 24.8 Å². The van der Waals surface area contributed by atoms with Gasteiger partial charge in [-0.15, -0.1) is 0 Å². The van der Waals surface area contributed by atoms with Gasteiger partial charge in [-0.3, -0.25) is 4.79 Å². The molecule has 14 heavy (non-hydrogen) atoms. The number of carbonyl (C=O) groups is 1. The van der Waals surface area contributed by atoms with Crippen LogP contribution in [0.2, 0.25) is 0 Å². The predicted molar refractivity (Wildman–Crippen MR) is 49.4 cm³/mol. The monoisotopic (exact) mass is 197 g/mol. The highest BCUT2D eigenvalue weighted by molar-refractivity contribution is 5.71. The average Bonchev–Trinajstić information content (AvgIpc) is 2.14. The third kappa shape index (κ3) is 3.35. The molecule has 0 amide bonds. The van der Waals surface area contributed by atoms with E-state index in [1.165, 1.54) is 0 Å². The van der Waals surface area contributed by atoms with Crippen LogP contribution in [0.15, 0.2) is 0 Å². The second-order valence-electron chi connectivity index (χ2n) is 3.41. The number of hydrogen-bond donors (Lipinski definition) is 0. The summed E-state index contributed by atoms with van der Waals surface area (Å²) in [5.74, 6) is -0.252. The fourth-order valence-corrected chi connectivity index (χ4v) is 1.48. The largest absolute Gasteiger partial charge is 0.461 e. The van der Waals surface area contributed by atoms with Crippen molar-refractivity contribution in [2.75, 3.05) is 6.61 Å². The molecular formula is C10H15NO3. The Morgan fingerprint density at radius 2 is 2.50 bits per heavy atom. The van der Waals surface area contributed by atoms with E-state index in [4.69, 9.17) is 14.7 Å². The molecule has 0 spiro atoms. The number of cyclic esters (lactones) is 1. The third-order valence-corrected chi connectivity index (χ3v) is 2.09. The lowest BCUT2D eigenvalue weighted by Crippen LogP contribution is -2.34. The molecule has 1 aliphatic heterocycles. The van der Waals surface area contributed by atoms with Gasteiger partial charge in [0.25, 0.3) is 0 Å². The first-order valence-corrected chi connectivity index (χ1v) is 4.94. The number of ether oxygens (including phenoxy) is 2. The van der Waals surface area contributed by atoms with E-state index in [0.717, 1.165) is 6.42 Å². The van der Waals surface area contributed by atoms with E-state index >= 15 is 0 Å². The third-order valence-electron chi connectivity index (χ3n) is 2.09. The van der Waals surface area contributed by atoms with Crippen molar-refractivity contribution in [2.45, 2.75) is 44.8 Å². The fraction of sp³-hybridized carbons (Fsp3) is 0.800. The van der Waals surface area contributed by atoms with Crippen molar-refractivity contribution in [3.05, 3.63) is 0 Å². The highest BCUT2D eigenvalue weighted by atomic mass is 16.6. The Morgan fingerprint density at radius 3 is 3.14 bits per heavy atom. The van der Waals surface area contributed by atoms with Gasteiger partial charge in [-0.05, 0) is 6.42 Å². The first-order valence-electron chi connectivity index (χ1n) is 4.94. The summed E-state index contributed by atoms with van der Waals surface area (Å²) in [5, 5.41) is 8.48. The molecule has 1 fully saturated rings. The first kappa shape index (κ1) is 11.0. The van der Waals surface area contributed by atoms with E-state index in [1.807, 2.05) is 13.0 Å². The number of carbonyl (C=O) groups excluding carboxylic acids is 1. The van der Waals surface area contributed by atoms with E-state index in [-0.39, 0.29) is 24.6 Å². The average molecular weight is 197 g/mol. The molecule has 0 unspecified atom stereocenters. The van der Waals surface area contributed by atoms with E-state index in [9.17, 15) is 4.79 Å². The molecule has 1 heterocycles. The quantitative estimate of drug-likeness (QED) is 0.639. The molecule has 0 aromatic carbocycles. The molecule has 4 heteroatoms. The van der Waals surface area contributed by atoms with Crippen molar-refractivity contribution < 1.29 is 14.3 Å². The molecule has 0 saturated carbocycles. The van der Waals surface area contributed by atoms with Crippen LogP contribution in [0.5, 0.6) is 0 Å². The molecule has 0 N–H and O–H groups in total. The lowest BCUT2D eigenvalue weighted by atomic mass is 10.0. The van der Waals surface area contributed by atoms with Crippen molar-refractivity contribution in [2.24, 2.45) is 0 Å². The highest BCUT2D eigenvalue weighted by Crippen LogP contribution is 2.20. The molecule has 0 radical (unpaired) electrons. The molecule has 1 saturated heterocycles. The van der Waals surface area contributed by atoms with E-state index in [1.54, 1.807) is 0 Å². The fourth-order valence-electron chi connectivity index (χ4n) is 1.48. The van der Waals surface area contributed by atoms with Crippen LogP contribution < -0.4 is 0 Å². The van der Waals surface area contributed by atoms with Crippen LogP contribution in [0.4, 0.5) is 0 Å². The minimum absolute atomic E-state index is 0.0606. The predicted octanol–water partition coefficient (Wildman–Crippen LogP) is 1.40. The van der Waals surface area contributed by atoms with Crippen molar-refractivity contribution >= 4 is 5.97 Å². The van der Waals surface area contributed by atoms with E-state index < -0.39 is 0 Å². The summed E-state index contributed by atoms with van der Waals surface area (Å²) < 4.78 is 10.5. The van der Waals surface area contributed by atoms with Gasteiger partial charge >= 0.3 is 5.97 Å². The van der Waals surface area contributed by atoms with Gasteiger partial charge in [0.15, 0.2) is 0 Å². The lowest BCUT2D eigenvalue weighted by molar-refractivity contribution is -0.162. The van der Waals surface area contributed by atoms with Crippen LogP contribution in [0.3, 0.4) is 0 Å². The van der Waals surface area contributed by atoms with E-state index in [2.05, 4.69) is 0 Å². The van der Waals surface area contributed by atoms with Gasteiger partial charge < -0.3 is 9.47 Å². The smallest absolute Gasteiger partial charge is 0.308 e. The van der Waals surface area contributed by atoms with Gasteiger partial charge in [0, 0.05) is 13.0 Å². The maximum atomic E-state index is 11.1. The maximum Gasteiger partial charge on any atom is 0.308 e. The molecule has 78 valence electrons. The highest BCUT2D eigenvalue weighted by Gasteiger charge is 2.28. The zero-order chi connectivity index (χ0) is 10.4. The SMILES string of the molecule is CCCO[C@H]1CC(=O)O[C@H](CC#N)C1. The zero-order valence-electron chi connectivity index (χ0n) is 8.36. The van der Waals surface area contributed by atoms with Crippen LogP contribution in [0.25, 0.3) is 0 Å². The van der Waals surface area contributed by atoms with Crippen molar-refractivity contribution in [3.63, 3.8) is 0 Å². The van der Waals surface area contributed by atoms with Crippen molar-refractivity contribution in [1.82, 2.24) is 0 Å². The first-order chi connectivity index (χ1) is 6.76. The summed E-state index contributed by atoms with van der Waals surface area (Å²) in [6.45, 7) is 2.69. The van der Waals surface area contributed by atoms with Crippen molar-refractivity contribution in [1.29, 1.82) is 5.26 Å². The standard InChI is InChI=1S/C10H15NO3/c1-2-5-13-9-6-8(3-4-11)14-10(12)7-9/h8-9H,2-3,5-7H2,1H3/t8-,9-/m1/s1. The van der Waals surface area contributed by atoms with Crippen LogP contribution in [-0.2, 0) is 14.3 Å². The molecule has 1 aliphatic rings. The van der Waals surface area contributed by atoms with Crippen LogP contribution in [0, 0.1) is 11.3 Å². The summed E-state index contributed by atoms with van der Waals surface area (Å²) in [4.78, 5) is 11.1. The van der Waals surface area contributed by atoms with Gasteiger partial charge in [0.2, 0.25) is 0 Å². The van der Waals surface area contributed by atoms with E-state index in [0.29, 0.717) is 19.4 Å². The number of nitrogens with zero attached hydrogens (tertiary/aromatic N) is 1. The summed E-state index contributed by atoms with van der Waals surface area (Å²) in [7, 11) is 0. The van der Waals surface area contributed by atoms with Gasteiger partial charge in [-0.2, -0.15) is 5.26 Å². The summed E-state index contributed by atoms with van der Waals surface area (Å²) in [6, 6.07) is 2.00. The molecule has 0 bridgehead atoms. The molecule has 1 rings (SSSR count). The Hall–Kier alpha value is -1.08. The van der Waals surface area contributed by atoms with Crippen molar-refractivity contribution in [3.8, 4) is 6.07 Å². The number of rotatable bonds is 4. The minimum Gasteiger partial charge on any atom is -0.461 e. The molecule has 0 aliphatic carbocycles. The van der Waals surface area contributed by atoms with Gasteiger partial charge in [0.05, 0.1) is 25.0 Å². The second kappa shape index (κ2) is 5.61. The normalized spacial score (nSPS) is 26.7. The lowest BCUT2D eigenvalue weighted by Gasteiger charge is -2.27. The molecule has 2 atom stereocenters. The second-order valence-corrected chi connectivity index (χ2v) is 3.41. The maximum absolute atomic E-state index is 11.1. The number of nitriles is 1. The Bertz CT molecular complexity index is 234. The molecule has 0 aromatic heterocycles. The Kier molecular flexibility index (Phi) is 4.41. The Labute approximate surface area is 83.8 Å². The Balaban J connectivity index is 2.38. The Morgan fingerprint density at radius 1 is 1.71 bits per heavy atom. The molecule has 0 aromatic rings. The summed E-state index contributed by atoms with van der Waals surface area (Å²) >= 11 is 0. The summed E-state index contributed by atoms with van der Waals surface area (Å²) in [5.41, 5.74) is 0. The topological polar surface area (TPSA) is 59.3 Å². The van der Waals surface area contributed by atoms with Gasteiger partial charge in [-0.25, -0.2) is 0 Å².